The maximum absolute atomic E-state index is 12.6. The van der Waals surface area contributed by atoms with E-state index in [0.29, 0.717) is 0 Å². The van der Waals surface area contributed by atoms with Crippen molar-refractivity contribution in [1.82, 2.24) is 10.3 Å². The zero-order valence-corrected chi connectivity index (χ0v) is 9.24. The third kappa shape index (κ3) is 3.63. The van der Waals surface area contributed by atoms with Crippen LogP contribution in [0, 0.1) is 0 Å². The molecule has 0 aromatic carbocycles. The molecule has 0 bridgehead atoms. The standard InChI is InChI=1S/C10H8F4N2O3/c11-9(12)10(13,14)4-16-7(17)5-1-2-15-3-6(5)8(18)19/h1-3,9H,4H2,(H,16,17)(H,18,19). The second kappa shape index (κ2) is 5.63. The van der Waals surface area contributed by atoms with Crippen molar-refractivity contribution in [3.63, 3.8) is 0 Å². The Kier molecular flexibility index (Phi) is 4.41. The topological polar surface area (TPSA) is 79.3 Å². The minimum Gasteiger partial charge on any atom is -0.478 e. The number of carbonyl (C=O) groups excluding carboxylic acids is 1. The van der Waals surface area contributed by atoms with Crippen molar-refractivity contribution >= 4 is 11.9 Å². The first-order valence-electron chi connectivity index (χ1n) is 4.87. The van der Waals surface area contributed by atoms with E-state index in [-0.39, 0.29) is 0 Å². The van der Waals surface area contributed by atoms with Gasteiger partial charge in [-0.25, -0.2) is 13.6 Å². The fourth-order valence-corrected chi connectivity index (χ4v) is 1.13. The molecule has 1 aromatic heterocycles. The van der Waals surface area contributed by atoms with E-state index >= 15 is 0 Å². The number of alkyl halides is 4. The molecule has 0 atom stereocenters. The molecule has 5 nitrogen and oxygen atoms in total. The van der Waals surface area contributed by atoms with Gasteiger partial charge in [0.1, 0.15) is 0 Å². The molecule has 0 saturated carbocycles. The molecule has 1 rings (SSSR count). The molecule has 1 amide bonds. The lowest BCUT2D eigenvalue weighted by Crippen LogP contribution is -2.41. The molecule has 1 aromatic rings. The monoisotopic (exact) mass is 280 g/mol. The minimum atomic E-state index is -4.38. The largest absolute Gasteiger partial charge is 0.478 e. The van der Waals surface area contributed by atoms with E-state index < -0.39 is 41.9 Å². The van der Waals surface area contributed by atoms with E-state index in [4.69, 9.17) is 5.11 Å². The Hall–Kier alpha value is -2.19. The van der Waals surface area contributed by atoms with Crippen molar-refractivity contribution < 1.29 is 32.3 Å². The van der Waals surface area contributed by atoms with Gasteiger partial charge in [-0.2, -0.15) is 8.78 Å². The molecule has 9 heteroatoms. The summed E-state index contributed by atoms with van der Waals surface area (Å²) in [4.78, 5) is 25.7. The van der Waals surface area contributed by atoms with Crippen molar-refractivity contribution in [3.05, 3.63) is 29.6 Å². The smallest absolute Gasteiger partial charge is 0.338 e. The van der Waals surface area contributed by atoms with Gasteiger partial charge in [0.25, 0.3) is 5.91 Å². The molecule has 0 fully saturated rings. The number of carbonyl (C=O) groups is 2. The van der Waals surface area contributed by atoms with Gasteiger partial charge in [-0.3, -0.25) is 9.78 Å². The summed E-state index contributed by atoms with van der Waals surface area (Å²) < 4.78 is 48.9. The van der Waals surface area contributed by atoms with E-state index in [0.717, 1.165) is 18.5 Å². The van der Waals surface area contributed by atoms with Crippen LogP contribution in [0.4, 0.5) is 17.6 Å². The molecule has 0 aliphatic heterocycles. The first kappa shape index (κ1) is 14.9. The summed E-state index contributed by atoms with van der Waals surface area (Å²) in [5.41, 5.74) is -0.951. The Morgan fingerprint density at radius 3 is 2.53 bits per heavy atom. The summed E-state index contributed by atoms with van der Waals surface area (Å²) in [6.45, 7) is -1.59. The average molecular weight is 280 g/mol. The van der Waals surface area contributed by atoms with Crippen molar-refractivity contribution in [2.24, 2.45) is 0 Å². The molecular formula is C10H8F4N2O3. The zero-order valence-electron chi connectivity index (χ0n) is 9.24. The number of nitrogens with one attached hydrogen (secondary N) is 1. The number of hydrogen-bond acceptors (Lipinski definition) is 3. The van der Waals surface area contributed by atoms with E-state index in [1.54, 1.807) is 5.32 Å². The van der Waals surface area contributed by atoms with Crippen LogP contribution in [0.3, 0.4) is 0 Å². The summed E-state index contributed by atoms with van der Waals surface area (Å²) >= 11 is 0. The number of rotatable bonds is 5. The van der Waals surface area contributed by atoms with Crippen LogP contribution in [0.2, 0.25) is 0 Å². The molecule has 104 valence electrons. The Balaban J connectivity index is 2.83. The number of nitrogens with zero attached hydrogens (tertiary/aromatic N) is 1. The molecular weight excluding hydrogens is 272 g/mol. The zero-order chi connectivity index (χ0) is 14.6. The van der Waals surface area contributed by atoms with E-state index in [9.17, 15) is 27.2 Å². The van der Waals surface area contributed by atoms with Crippen LogP contribution in [-0.2, 0) is 0 Å². The molecule has 0 aliphatic rings. The molecule has 1 heterocycles. The summed E-state index contributed by atoms with van der Waals surface area (Å²) in [7, 11) is 0. The highest BCUT2D eigenvalue weighted by molar-refractivity contribution is 6.04. The maximum atomic E-state index is 12.6. The number of carboxylic acids is 1. The SMILES string of the molecule is O=C(O)c1cnccc1C(=O)NCC(F)(F)C(F)F. The number of hydrogen-bond donors (Lipinski definition) is 2. The summed E-state index contributed by atoms with van der Waals surface area (Å²) in [5.74, 6) is -7.06. The Labute approximate surface area is 104 Å². The molecule has 2 N–H and O–H groups in total. The van der Waals surface area contributed by atoms with Crippen molar-refractivity contribution in [3.8, 4) is 0 Å². The third-order valence-electron chi connectivity index (χ3n) is 2.10. The van der Waals surface area contributed by atoms with Gasteiger partial charge in [-0.15, -0.1) is 0 Å². The Morgan fingerprint density at radius 2 is 2.00 bits per heavy atom. The van der Waals surface area contributed by atoms with Crippen LogP contribution in [0.5, 0.6) is 0 Å². The molecule has 0 saturated heterocycles. The number of aromatic carboxylic acids is 1. The van der Waals surface area contributed by atoms with E-state index in [2.05, 4.69) is 4.98 Å². The molecule has 0 spiro atoms. The molecule has 19 heavy (non-hydrogen) atoms. The lowest BCUT2D eigenvalue weighted by molar-refractivity contribution is -0.123. The van der Waals surface area contributed by atoms with Crippen molar-refractivity contribution in [2.45, 2.75) is 12.3 Å². The van der Waals surface area contributed by atoms with Crippen LogP contribution in [0.25, 0.3) is 0 Å². The van der Waals surface area contributed by atoms with Gasteiger partial charge < -0.3 is 10.4 Å². The van der Waals surface area contributed by atoms with Crippen LogP contribution in [0.15, 0.2) is 18.5 Å². The first-order valence-corrected chi connectivity index (χ1v) is 4.87. The van der Waals surface area contributed by atoms with Gasteiger partial charge in [0.2, 0.25) is 0 Å². The predicted octanol–water partition coefficient (Wildman–Crippen LogP) is 1.41. The van der Waals surface area contributed by atoms with Gasteiger partial charge in [0.15, 0.2) is 0 Å². The highest BCUT2D eigenvalue weighted by Gasteiger charge is 2.41. The average Bonchev–Trinajstić information content (AvgIpc) is 2.35. The lowest BCUT2D eigenvalue weighted by atomic mass is 10.1. The number of aromatic nitrogens is 1. The second-order valence-corrected chi connectivity index (χ2v) is 3.47. The molecule has 0 unspecified atom stereocenters. The van der Waals surface area contributed by atoms with Crippen molar-refractivity contribution in [1.29, 1.82) is 0 Å². The van der Waals surface area contributed by atoms with E-state index in [1.165, 1.54) is 0 Å². The molecule has 0 aliphatic carbocycles. The molecule has 0 radical (unpaired) electrons. The fourth-order valence-electron chi connectivity index (χ4n) is 1.13. The summed E-state index contributed by atoms with van der Waals surface area (Å²) in [6, 6.07) is 0.985. The number of halogens is 4. The Morgan fingerprint density at radius 1 is 1.37 bits per heavy atom. The van der Waals surface area contributed by atoms with Crippen LogP contribution < -0.4 is 5.32 Å². The number of carboxylic acid groups (broad SMARTS) is 1. The fraction of sp³-hybridized carbons (Fsp3) is 0.300. The van der Waals surface area contributed by atoms with Crippen LogP contribution >= 0.6 is 0 Å². The first-order chi connectivity index (χ1) is 8.75. The van der Waals surface area contributed by atoms with Crippen LogP contribution in [0.1, 0.15) is 20.7 Å². The lowest BCUT2D eigenvalue weighted by Gasteiger charge is -2.16. The quantitative estimate of drug-likeness (QED) is 0.799. The van der Waals surface area contributed by atoms with Gasteiger partial charge in [-0.05, 0) is 6.07 Å². The summed E-state index contributed by atoms with van der Waals surface area (Å²) in [5, 5.41) is 10.3. The summed E-state index contributed by atoms with van der Waals surface area (Å²) in [6.07, 6.45) is -2.00. The van der Waals surface area contributed by atoms with Gasteiger partial charge in [0, 0.05) is 12.4 Å². The second-order valence-electron chi connectivity index (χ2n) is 3.47. The predicted molar refractivity (Wildman–Crippen MR) is 54.5 cm³/mol. The van der Waals surface area contributed by atoms with Crippen LogP contribution in [-0.4, -0.2) is 40.9 Å². The van der Waals surface area contributed by atoms with Gasteiger partial charge >= 0.3 is 18.3 Å². The number of pyridine rings is 1. The number of amides is 1. The normalized spacial score (nSPS) is 11.4. The maximum Gasteiger partial charge on any atom is 0.338 e. The highest BCUT2D eigenvalue weighted by Crippen LogP contribution is 2.21. The third-order valence-corrected chi connectivity index (χ3v) is 2.10. The minimum absolute atomic E-state index is 0.437. The van der Waals surface area contributed by atoms with Crippen molar-refractivity contribution in [2.75, 3.05) is 6.54 Å². The van der Waals surface area contributed by atoms with Gasteiger partial charge in [-0.1, -0.05) is 0 Å². The van der Waals surface area contributed by atoms with Gasteiger partial charge in [0.05, 0.1) is 17.7 Å². The Bertz CT molecular complexity index is 493. The highest BCUT2D eigenvalue weighted by atomic mass is 19.3. The van der Waals surface area contributed by atoms with E-state index in [1.807, 2.05) is 0 Å².